The second kappa shape index (κ2) is 7.46. The van der Waals surface area contributed by atoms with Crippen LogP contribution in [-0.4, -0.2) is 11.5 Å². The monoisotopic (exact) mass is 326 g/mol. The number of nitrogens with zero attached hydrogens (tertiary/aromatic N) is 1. The van der Waals surface area contributed by atoms with E-state index in [0.717, 1.165) is 28.1 Å². The van der Waals surface area contributed by atoms with Crippen molar-refractivity contribution in [3.05, 3.63) is 39.9 Å². The molecule has 0 saturated heterocycles. The highest BCUT2D eigenvalue weighted by Crippen LogP contribution is 2.34. The summed E-state index contributed by atoms with van der Waals surface area (Å²) in [5.74, 6) is 0.653. The number of aryl methyl sites for hydroxylation is 1. The van der Waals surface area contributed by atoms with Crippen molar-refractivity contribution < 1.29 is 0 Å². The van der Waals surface area contributed by atoms with Gasteiger partial charge < -0.3 is 5.32 Å². The van der Waals surface area contributed by atoms with Crippen LogP contribution in [0.1, 0.15) is 25.1 Å². The average Bonchev–Trinajstić information content (AvgIpc) is 2.77. The third-order valence-corrected chi connectivity index (χ3v) is 5.08. The lowest BCUT2D eigenvalue weighted by molar-refractivity contribution is 0.550. The van der Waals surface area contributed by atoms with Crippen LogP contribution >= 0.6 is 34.7 Å². The van der Waals surface area contributed by atoms with Crippen LogP contribution < -0.4 is 5.32 Å². The number of hydrogen-bond donors (Lipinski definition) is 1. The third-order valence-electron chi connectivity index (χ3n) is 2.69. The summed E-state index contributed by atoms with van der Waals surface area (Å²) in [4.78, 5) is 5.69. The second-order valence-corrected chi connectivity index (χ2v) is 7.72. The molecule has 0 amide bonds. The molecule has 0 atom stereocenters. The summed E-state index contributed by atoms with van der Waals surface area (Å²) in [6, 6.07) is 6.07. The standard InChI is InChI=1S/C15H19ClN2S2/c1-10(2)7-17-8-12-4-5-13(16)6-14(12)20-15-18-11(3)9-19-15/h4-6,9-10,17H,7-8H2,1-3H3. The first-order chi connectivity index (χ1) is 9.54. The molecule has 0 unspecified atom stereocenters. The molecule has 5 heteroatoms. The molecule has 0 spiro atoms. The van der Waals surface area contributed by atoms with Crippen LogP contribution in [0, 0.1) is 12.8 Å². The van der Waals surface area contributed by atoms with E-state index < -0.39 is 0 Å². The number of hydrogen-bond acceptors (Lipinski definition) is 4. The molecule has 108 valence electrons. The molecular weight excluding hydrogens is 308 g/mol. The third kappa shape index (κ3) is 4.77. The molecule has 0 aliphatic heterocycles. The Hall–Kier alpha value is -0.550. The van der Waals surface area contributed by atoms with Gasteiger partial charge in [-0.25, -0.2) is 4.98 Å². The molecular formula is C15H19ClN2S2. The largest absolute Gasteiger partial charge is 0.312 e. The van der Waals surface area contributed by atoms with Gasteiger partial charge in [-0.2, -0.15) is 0 Å². The highest BCUT2D eigenvalue weighted by Gasteiger charge is 2.08. The fourth-order valence-electron chi connectivity index (χ4n) is 1.74. The molecule has 0 aliphatic rings. The van der Waals surface area contributed by atoms with E-state index in [-0.39, 0.29) is 0 Å². The van der Waals surface area contributed by atoms with Crippen LogP contribution in [0.25, 0.3) is 0 Å². The van der Waals surface area contributed by atoms with Gasteiger partial charge in [-0.3, -0.25) is 0 Å². The Morgan fingerprint density at radius 1 is 1.40 bits per heavy atom. The van der Waals surface area contributed by atoms with Gasteiger partial charge in [0, 0.05) is 27.5 Å². The maximum atomic E-state index is 6.12. The molecule has 20 heavy (non-hydrogen) atoms. The van der Waals surface area contributed by atoms with Gasteiger partial charge >= 0.3 is 0 Å². The predicted octanol–water partition coefficient (Wildman–Crippen LogP) is 5.00. The van der Waals surface area contributed by atoms with E-state index in [1.54, 1.807) is 23.1 Å². The summed E-state index contributed by atoms with van der Waals surface area (Å²) >= 11 is 9.49. The van der Waals surface area contributed by atoms with Gasteiger partial charge in [0.25, 0.3) is 0 Å². The van der Waals surface area contributed by atoms with E-state index in [2.05, 4.69) is 35.6 Å². The Morgan fingerprint density at radius 2 is 2.20 bits per heavy atom. The lowest BCUT2D eigenvalue weighted by Crippen LogP contribution is -2.19. The molecule has 0 fully saturated rings. The summed E-state index contributed by atoms with van der Waals surface area (Å²) in [7, 11) is 0. The fourth-order valence-corrected chi connectivity index (χ4v) is 3.94. The van der Waals surface area contributed by atoms with E-state index in [9.17, 15) is 0 Å². The Kier molecular flexibility index (Phi) is 5.90. The quantitative estimate of drug-likeness (QED) is 0.808. The zero-order valence-electron chi connectivity index (χ0n) is 11.9. The summed E-state index contributed by atoms with van der Waals surface area (Å²) < 4.78 is 1.06. The van der Waals surface area contributed by atoms with E-state index in [1.165, 1.54) is 10.5 Å². The minimum absolute atomic E-state index is 0.653. The van der Waals surface area contributed by atoms with Crippen molar-refractivity contribution in [1.29, 1.82) is 0 Å². The highest BCUT2D eigenvalue weighted by atomic mass is 35.5. The van der Waals surface area contributed by atoms with Gasteiger partial charge in [0.1, 0.15) is 0 Å². The van der Waals surface area contributed by atoms with Crippen LogP contribution in [0.5, 0.6) is 0 Å². The number of benzene rings is 1. The number of aromatic nitrogens is 1. The highest BCUT2D eigenvalue weighted by molar-refractivity contribution is 8.01. The van der Waals surface area contributed by atoms with Crippen molar-refractivity contribution in [2.24, 2.45) is 5.92 Å². The molecule has 2 rings (SSSR count). The molecule has 2 nitrogen and oxygen atoms in total. The molecule has 1 aromatic heterocycles. The normalized spacial score (nSPS) is 11.2. The van der Waals surface area contributed by atoms with Crippen LogP contribution in [0.2, 0.25) is 5.02 Å². The van der Waals surface area contributed by atoms with Gasteiger partial charge in [-0.1, -0.05) is 43.3 Å². The molecule has 1 aromatic carbocycles. The number of halogens is 1. The van der Waals surface area contributed by atoms with Gasteiger partial charge in [0.05, 0.1) is 0 Å². The van der Waals surface area contributed by atoms with E-state index in [4.69, 9.17) is 11.6 Å². The van der Waals surface area contributed by atoms with Crippen LogP contribution in [0.4, 0.5) is 0 Å². The zero-order chi connectivity index (χ0) is 14.5. The van der Waals surface area contributed by atoms with Crippen molar-refractivity contribution in [2.45, 2.75) is 36.6 Å². The van der Waals surface area contributed by atoms with E-state index in [1.807, 2.05) is 19.1 Å². The maximum Gasteiger partial charge on any atom is 0.154 e. The first-order valence-electron chi connectivity index (χ1n) is 6.63. The van der Waals surface area contributed by atoms with E-state index in [0.29, 0.717) is 5.92 Å². The Labute approximate surface area is 134 Å². The zero-order valence-corrected chi connectivity index (χ0v) is 14.3. The van der Waals surface area contributed by atoms with Crippen molar-refractivity contribution >= 4 is 34.7 Å². The smallest absolute Gasteiger partial charge is 0.154 e. The summed E-state index contributed by atoms with van der Waals surface area (Å²) in [6.07, 6.45) is 0. The van der Waals surface area contributed by atoms with Gasteiger partial charge in [-0.05, 0) is 37.1 Å². The summed E-state index contributed by atoms with van der Waals surface area (Å²) in [5, 5.41) is 6.32. The number of thiazole rings is 1. The fraction of sp³-hybridized carbons (Fsp3) is 0.400. The summed E-state index contributed by atoms with van der Waals surface area (Å²) in [5.41, 5.74) is 2.34. The van der Waals surface area contributed by atoms with Crippen molar-refractivity contribution in [3.8, 4) is 0 Å². The van der Waals surface area contributed by atoms with Crippen molar-refractivity contribution in [1.82, 2.24) is 10.3 Å². The SMILES string of the molecule is Cc1csc(Sc2cc(Cl)ccc2CNCC(C)C)n1. The van der Waals surface area contributed by atoms with Crippen molar-refractivity contribution in [3.63, 3.8) is 0 Å². The van der Waals surface area contributed by atoms with E-state index >= 15 is 0 Å². The first kappa shape index (κ1) is 15.8. The Bertz CT molecular complexity index is 567. The molecule has 0 saturated carbocycles. The van der Waals surface area contributed by atoms with Gasteiger partial charge in [0.2, 0.25) is 0 Å². The molecule has 2 aromatic rings. The number of rotatable bonds is 6. The minimum atomic E-state index is 0.653. The van der Waals surface area contributed by atoms with Crippen LogP contribution in [-0.2, 0) is 6.54 Å². The lowest BCUT2D eigenvalue weighted by Gasteiger charge is -2.11. The molecule has 0 bridgehead atoms. The van der Waals surface area contributed by atoms with Gasteiger partial charge in [-0.15, -0.1) is 11.3 Å². The molecule has 1 N–H and O–H groups in total. The van der Waals surface area contributed by atoms with Crippen molar-refractivity contribution in [2.75, 3.05) is 6.54 Å². The van der Waals surface area contributed by atoms with Crippen LogP contribution in [0.3, 0.4) is 0 Å². The Balaban J connectivity index is 2.11. The molecule has 0 radical (unpaired) electrons. The number of nitrogens with one attached hydrogen (secondary N) is 1. The summed E-state index contributed by atoms with van der Waals surface area (Å²) in [6.45, 7) is 8.32. The maximum absolute atomic E-state index is 6.12. The molecule has 0 aliphatic carbocycles. The minimum Gasteiger partial charge on any atom is -0.312 e. The van der Waals surface area contributed by atoms with Gasteiger partial charge in [0.15, 0.2) is 4.34 Å². The first-order valence-corrected chi connectivity index (χ1v) is 8.71. The topological polar surface area (TPSA) is 24.9 Å². The second-order valence-electron chi connectivity index (χ2n) is 5.13. The predicted molar refractivity (Wildman–Crippen MR) is 89.0 cm³/mol. The lowest BCUT2D eigenvalue weighted by atomic mass is 10.2. The molecule has 1 heterocycles. The Morgan fingerprint density at radius 3 is 2.85 bits per heavy atom. The average molecular weight is 327 g/mol. The van der Waals surface area contributed by atoms with Crippen LogP contribution in [0.15, 0.2) is 32.8 Å².